The van der Waals surface area contributed by atoms with E-state index in [1.54, 1.807) is 6.07 Å². The first-order chi connectivity index (χ1) is 9.72. The maximum Gasteiger partial charge on any atom is 0.217 e. The number of halogens is 1. The highest BCUT2D eigenvalue weighted by molar-refractivity contribution is 7.23. The molecule has 0 saturated heterocycles. The number of anilines is 1. The number of hydrogen-bond donors (Lipinski definition) is 1. The summed E-state index contributed by atoms with van der Waals surface area (Å²) in [6.45, 7) is 0. The van der Waals surface area contributed by atoms with Crippen LogP contribution in [0, 0.1) is 5.82 Å². The summed E-state index contributed by atoms with van der Waals surface area (Å²) >= 11 is 1.42. The normalized spacial score (nSPS) is 11.4. The highest BCUT2D eigenvalue weighted by atomic mass is 32.1. The van der Waals surface area contributed by atoms with Gasteiger partial charge in [0.1, 0.15) is 5.82 Å². The van der Waals surface area contributed by atoms with Gasteiger partial charge in [-0.2, -0.15) is 0 Å². The molecule has 2 aromatic carbocycles. The minimum Gasteiger partial charge on any atom is -0.399 e. The molecule has 2 aromatic heterocycles. The second-order valence-corrected chi connectivity index (χ2v) is 5.49. The van der Waals surface area contributed by atoms with Crippen molar-refractivity contribution in [1.29, 1.82) is 0 Å². The predicted octanol–water partition coefficient (Wildman–Crippen LogP) is 3.33. The maximum atomic E-state index is 13.3. The van der Waals surface area contributed by atoms with Gasteiger partial charge in [-0.15, -0.1) is 10.2 Å². The first kappa shape index (κ1) is 11.4. The Labute approximate surface area is 117 Å². The number of nitrogens with zero attached hydrogens (tertiary/aromatic N) is 3. The third-order valence-electron chi connectivity index (χ3n) is 3.17. The van der Waals surface area contributed by atoms with E-state index in [4.69, 9.17) is 5.73 Å². The molecule has 0 aliphatic rings. The molecule has 0 atom stereocenters. The first-order valence-corrected chi connectivity index (χ1v) is 6.83. The summed E-state index contributed by atoms with van der Waals surface area (Å²) in [5, 5.41) is 8.38. The summed E-state index contributed by atoms with van der Waals surface area (Å²) in [7, 11) is 0. The molecule has 98 valence electrons. The van der Waals surface area contributed by atoms with Gasteiger partial charge in [-0.3, -0.25) is 4.40 Å². The number of hydrogen-bond acceptors (Lipinski definition) is 4. The molecular formula is C14H9FN4S. The Morgan fingerprint density at radius 2 is 1.85 bits per heavy atom. The van der Waals surface area contributed by atoms with Crippen LogP contribution >= 0.6 is 11.3 Å². The summed E-state index contributed by atoms with van der Waals surface area (Å²) < 4.78 is 16.1. The molecule has 4 nitrogen and oxygen atoms in total. The van der Waals surface area contributed by atoms with Crippen molar-refractivity contribution in [3.63, 3.8) is 0 Å². The van der Waals surface area contributed by atoms with E-state index in [1.807, 2.05) is 28.7 Å². The third kappa shape index (κ3) is 1.58. The quantitative estimate of drug-likeness (QED) is 0.545. The summed E-state index contributed by atoms with van der Waals surface area (Å²) in [6, 6.07) is 12.2. The summed E-state index contributed by atoms with van der Waals surface area (Å²) in [5.74, 6) is 0.488. The Balaban J connectivity index is 2.04. The van der Waals surface area contributed by atoms with Gasteiger partial charge in [0.05, 0.1) is 10.2 Å². The number of benzene rings is 2. The molecule has 6 heteroatoms. The maximum absolute atomic E-state index is 13.3. The predicted molar refractivity (Wildman–Crippen MR) is 78.2 cm³/mol. The van der Waals surface area contributed by atoms with Crippen LogP contribution in [0.25, 0.3) is 26.6 Å². The van der Waals surface area contributed by atoms with Crippen LogP contribution in [0.4, 0.5) is 10.1 Å². The van der Waals surface area contributed by atoms with Crippen molar-refractivity contribution in [2.75, 3.05) is 5.73 Å². The lowest BCUT2D eigenvalue weighted by Gasteiger charge is -2.00. The van der Waals surface area contributed by atoms with E-state index < -0.39 is 0 Å². The molecule has 4 rings (SSSR count). The number of nitrogen functional groups attached to an aromatic ring is 1. The van der Waals surface area contributed by atoms with Crippen molar-refractivity contribution in [2.24, 2.45) is 0 Å². The van der Waals surface area contributed by atoms with Crippen molar-refractivity contribution in [3.8, 4) is 11.4 Å². The van der Waals surface area contributed by atoms with Crippen molar-refractivity contribution in [3.05, 3.63) is 48.3 Å². The fraction of sp³-hybridized carbons (Fsp3) is 0. The summed E-state index contributed by atoms with van der Waals surface area (Å²) in [6.07, 6.45) is 0. The molecule has 0 fully saturated rings. The fourth-order valence-corrected chi connectivity index (χ4v) is 3.22. The van der Waals surface area contributed by atoms with Crippen LogP contribution in [0.2, 0.25) is 0 Å². The molecule has 0 radical (unpaired) electrons. The fourth-order valence-electron chi connectivity index (χ4n) is 2.23. The third-order valence-corrected chi connectivity index (χ3v) is 4.16. The van der Waals surface area contributed by atoms with Crippen LogP contribution in [-0.2, 0) is 0 Å². The minimum atomic E-state index is -0.246. The Morgan fingerprint density at radius 3 is 2.65 bits per heavy atom. The van der Waals surface area contributed by atoms with E-state index in [0.717, 1.165) is 26.6 Å². The molecule has 4 aromatic rings. The SMILES string of the molecule is Nc1ccc(-c2nnc3sc4cc(F)ccc4n23)cc1. The van der Waals surface area contributed by atoms with E-state index in [0.29, 0.717) is 5.69 Å². The van der Waals surface area contributed by atoms with Gasteiger partial charge in [0.25, 0.3) is 0 Å². The van der Waals surface area contributed by atoms with Gasteiger partial charge in [-0.25, -0.2) is 4.39 Å². The highest BCUT2D eigenvalue weighted by Gasteiger charge is 2.14. The van der Waals surface area contributed by atoms with Crippen molar-refractivity contribution >= 4 is 32.2 Å². The van der Waals surface area contributed by atoms with Crippen LogP contribution in [0.3, 0.4) is 0 Å². The molecule has 0 saturated carbocycles. The summed E-state index contributed by atoms with van der Waals surface area (Å²) in [5.41, 5.74) is 8.23. The Morgan fingerprint density at radius 1 is 1.05 bits per heavy atom. The van der Waals surface area contributed by atoms with Crippen LogP contribution in [0.5, 0.6) is 0 Å². The van der Waals surface area contributed by atoms with Crippen molar-refractivity contribution in [2.45, 2.75) is 0 Å². The molecule has 2 heterocycles. The van der Waals surface area contributed by atoms with Crippen molar-refractivity contribution < 1.29 is 4.39 Å². The molecule has 0 bridgehead atoms. The average molecular weight is 284 g/mol. The van der Waals surface area contributed by atoms with Gasteiger partial charge in [0.15, 0.2) is 5.82 Å². The van der Waals surface area contributed by atoms with E-state index >= 15 is 0 Å². The smallest absolute Gasteiger partial charge is 0.217 e. The van der Waals surface area contributed by atoms with Gasteiger partial charge in [0.2, 0.25) is 4.96 Å². The first-order valence-electron chi connectivity index (χ1n) is 6.01. The largest absolute Gasteiger partial charge is 0.399 e. The lowest BCUT2D eigenvalue weighted by Crippen LogP contribution is -1.89. The molecule has 2 N–H and O–H groups in total. The van der Waals surface area contributed by atoms with E-state index in [1.165, 1.54) is 23.5 Å². The Kier molecular flexibility index (Phi) is 2.28. The number of aromatic nitrogens is 3. The van der Waals surface area contributed by atoms with Crippen molar-refractivity contribution in [1.82, 2.24) is 14.6 Å². The zero-order valence-electron chi connectivity index (χ0n) is 10.2. The monoisotopic (exact) mass is 284 g/mol. The molecular weight excluding hydrogens is 275 g/mol. The second-order valence-electron chi connectivity index (χ2n) is 4.48. The van der Waals surface area contributed by atoms with Crippen LogP contribution < -0.4 is 5.73 Å². The van der Waals surface area contributed by atoms with Crippen LogP contribution in [0.15, 0.2) is 42.5 Å². The zero-order chi connectivity index (χ0) is 13.7. The highest BCUT2D eigenvalue weighted by Crippen LogP contribution is 2.30. The number of rotatable bonds is 1. The molecule has 0 aliphatic heterocycles. The van der Waals surface area contributed by atoms with E-state index in [9.17, 15) is 4.39 Å². The molecule has 0 spiro atoms. The summed E-state index contributed by atoms with van der Waals surface area (Å²) in [4.78, 5) is 0.748. The van der Waals surface area contributed by atoms with Gasteiger partial charge < -0.3 is 5.73 Å². The van der Waals surface area contributed by atoms with E-state index in [-0.39, 0.29) is 5.82 Å². The standard InChI is InChI=1S/C14H9FN4S/c15-9-3-6-11-12(7-9)20-14-18-17-13(19(11)14)8-1-4-10(16)5-2-8/h1-7H,16H2. The Bertz CT molecular complexity index is 924. The number of thiazole rings is 1. The zero-order valence-corrected chi connectivity index (χ0v) is 11.1. The van der Waals surface area contributed by atoms with E-state index in [2.05, 4.69) is 10.2 Å². The lowest BCUT2D eigenvalue weighted by molar-refractivity contribution is 0.630. The van der Waals surface area contributed by atoms with Gasteiger partial charge in [0, 0.05) is 11.3 Å². The molecule has 0 unspecified atom stereocenters. The van der Waals surface area contributed by atoms with Gasteiger partial charge >= 0.3 is 0 Å². The average Bonchev–Trinajstić information content (AvgIpc) is 2.98. The number of nitrogens with two attached hydrogens (primary N) is 1. The molecule has 0 aliphatic carbocycles. The molecule has 0 amide bonds. The van der Waals surface area contributed by atoms with Gasteiger partial charge in [-0.1, -0.05) is 11.3 Å². The minimum absolute atomic E-state index is 0.246. The van der Waals surface area contributed by atoms with Crippen LogP contribution in [-0.4, -0.2) is 14.6 Å². The second kappa shape index (κ2) is 4.01. The molecule has 20 heavy (non-hydrogen) atoms. The topological polar surface area (TPSA) is 56.2 Å². The van der Waals surface area contributed by atoms with Gasteiger partial charge in [-0.05, 0) is 42.5 Å². The lowest BCUT2D eigenvalue weighted by atomic mass is 10.2. The Hall–Kier alpha value is -2.47. The number of fused-ring (bicyclic) bond motifs is 3. The van der Waals surface area contributed by atoms with Crippen LogP contribution in [0.1, 0.15) is 0 Å².